The third kappa shape index (κ3) is 3.42. The number of aromatic nitrogens is 2. The Morgan fingerprint density at radius 1 is 1.29 bits per heavy atom. The summed E-state index contributed by atoms with van der Waals surface area (Å²) in [5, 5.41) is 4.90. The number of rotatable bonds is 5. The van der Waals surface area contributed by atoms with E-state index in [9.17, 15) is 4.79 Å². The molecule has 0 N–H and O–H groups in total. The molecule has 7 heteroatoms. The average molecular weight is 335 g/mol. The van der Waals surface area contributed by atoms with Crippen LogP contribution < -0.4 is 0 Å². The van der Waals surface area contributed by atoms with Crippen LogP contribution in [-0.2, 0) is 11.3 Å². The molecule has 0 aliphatic carbocycles. The Morgan fingerprint density at radius 3 is 3.00 bits per heavy atom. The molecule has 3 aromatic heterocycles. The van der Waals surface area contributed by atoms with Gasteiger partial charge < -0.3 is 4.90 Å². The van der Waals surface area contributed by atoms with Gasteiger partial charge in [-0.1, -0.05) is 17.8 Å². The van der Waals surface area contributed by atoms with E-state index in [1.54, 1.807) is 33.9 Å². The van der Waals surface area contributed by atoms with Crippen LogP contribution in [0.5, 0.6) is 0 Å². The molecule has 0 saturated heterocycles. The molecule has 21 heavy (non-hydrogen) atoms. The van der Waals surface area contributed by atoms with Crippen molar-refractivity contribution >= 4 is 50.6 Å². The summed E-state index contributed by atoms with van der Waals surface area (Å²) in [6.07, 6.45) is 1.55. The van der Waals surface area contributed by atoms with Crippen LogP contribution in [0.1, 0.15) is 4.88 Å². The second kappa shape index (κ2) is 6.55. The van der Waals surface area contributed by atoms with Crippen LogP contribution in [0.15, 0.2) is 40.3 Å². The molecular formula is C14H13N3OS3. The summed E-state index contributed by atoms with van der Waals surface area (Å²) in [6, 6.07) is 6.01. The normalized spacial score (nSPS) is 10.9. The fourth-order valence-corrected chi connectivity index (χ4v) is 4.48. The highest BCUT2D eigenvalue weighted by Crippen LogP contribution is 2.28. The highest BCUT2D eigenvalue weighted by atomic mass is 32.2. The van der Waals surface area contributed by atoms with Crippen molar-refractivity contribution < 1.29 is 4.79 Å². The van der Waals surface area contributed by atoms with Crippen molar-refractivity contribution in [1.29, 1.82) is 0 Å². The van der Waals surface area contributed by atoms with Gasteiger partial charge in [-0.15, -0.1) is 22.7 Å². The molecule has 0 radical (unpaired) electrons. The monoisotopic (exact) mass is 335 g/mol. The summed E-state index contributed by atoms with van der Waals surface area (Å²) in [5.41, 5.74) is 0.942. The van der Waals surface area contributed by atoms with Gasteiger partial charge >= 0.3 is 0 Å². The molecule has 0 saturated carbocycles. The molecule has 3 rings (SSSR count). The molecule has 108 valence electrons. The minimum Gasteiger partial charge on any atom is -0.340 e. The van der Waals surface area contributed by atoms with Gasteiger partial charge in [-0.3, -0.25) is 4.79 Å². The Labute approximate surface area is 134 Å². The number of fused-ring (bicyclic) bond motifs is 1. The van der Waals surface area contributed by atoms with Crippen LogP contribution in [0.25, 0.3) is 10.2 Å². The molecule has 0 aromatic carbocycles. The highest BCUT2D eigenvalue weighted by Gasteiger charge is 2.13. The van der Waals surface area contributed by atoms with Crippen LogP contribution in [-0.4, -0.2) is 33.6 Å². The molecule has 0 atom stereocenters. The van der Waals surface area contributed by atoms with Crippen LogP contribution in [0.4, 0.5) is 0 Å². The Bertz CT molecular complexity index is 739. The molecule has 0 unspecified atom stereocenters. The molecule has 4 nitrogen and oxygen atoms in total. The third-order valence-electron chi connectivity index (χ3n) is 2.94. The van der Waals surface area contributed by atoms with E-state index in [0.29, 0.717) is 12.3 Å². The summed E-state index contributed by atoms with van der Waals surface area (Å²) in [6.45, 7) is 0.662. The minimum atomic E-state index is 0.108. The average Bonchev–Trinajstić information content (AvgIpc) is 3.15. The van der Waals surface area contributed by atoms with E-state index >= 15 is 0 Å². The molecule has 1 amide bonds. The maximum Gasteiger partial charge on any atom is 0.233 e. The van der Waals surface area contributed by atoms with Crippen molar-refractivity contribution in [2.45, 2.75) is 11.6 Å². The Hall–Kier alpha value is -1.44. The summed E-state index contributed by atoms with van der Waals surface area (Å²) in [4.78, 5) is 23.6. The number of carbonyl (C=O) groups excluding carboxylic acids is 1. The zero-order valence-electron chi connectivity index (χ0n) is 11.4. The second-order valence-corrected chi connectivity index (χ2v) is 7.34. The maximum atomic E-state index is 12.2. The van der Waals surface area contributed by atoms with E-state index in [2.05, 4.69) is 9.97 Å². The van der Waals surface area contributed by atoms with Crippen LogP contribution in [0.3, 0.4) is 0 Å². The highest BCUT2D eigenvalue weighted by molar-refractivity contribution is 8.00. The minimum absolute atomic E-state index is 0.108. The van der Waals surface area contributed by atoms with Crippen LogP contribution >= 0.6 is 34.4 Å². The Balaban J connectivity index is 1.61. The first-order valence-corrected chi connectivity index (χ1v) is 9.06. The molecule has 0 fully saturated rings. The van der Waals surface area contributed by atoms with E-state index in [-0.39, 0.29) is 5.91 Å². The van der Waals surface area contributed by atoms with E-state index in [1.807, 2.05) is 36.0 Å². The first-order valence-electron chi connectivity index (χ1n) is 6.31. The SMILES string of the molecule is CN(Cc1cccs1)C(=O)CSc1ncnc2ccsc12. The molecule has 3 heterocycles. The zero-order chi connectivity index (χ0) is 14.7. The van der Waals surface area contributed by atoms with Gasteiger partial charge in [0.2, 0.25) is 5.91 Å². The lowest BCUT2D eigenvalue weighted by Gasteiger charge is -2.15. The van der Waals surface area contributed by atoms with Gasteiger partial charge in [-0.05, 0) is 22.9 Å². The number of hydrogen-bond acceptors (Lipinski definition) is 6. The maximum absolute atomic E-state index is 12.2. The fourth-order valence-electron chi connectivity index (χ4n) is 1.83. The first kappa shape index (κ1) is 14.5. The van der Waals surface area contributed by atoms with E-state index < -0.39 is 0 Å². The predicted octanol–water partition coefficient (Wildman–Crippen LogP) is 3.50. The lowest BCUT2D eigenvalue weighted by Crippen LogP contribution is -2.27. The second-order valence-electron chi connectivity index (χ2n) is 4.43. The van der Waals surface area contributed by atoms with Gasteiger partial charge in [-0.2, -0.15) is 0 Å². The Morgan fingerprint density at radius 2 is 2.19 bits per heavy atom. The van der Waals surface area contributed by atoms with Crippen molar-refractivity contribution in [1.82, 2.24) is 14.9 Å². The van der Waals surface area contributed by atoms with E-state index in [4.69, 9.17) is 0 Å². The number of amides is 1. The summed E-state index contributed by atoms with van der Waals surface area (Å²) in [5.74, 6) is 0.503. The summed E-state index contributed by atoms with van der Waals surface area (Å²) in [7, 11) is 1.84. The van der Waals surface area contributed by atoms with Crippen molar-refractivity contribution in [2.75, 3.05) is 12.8 Å². The topological polar surface area (TPSA) is 46.1 Å². The van der Waals surface area contributed by atoms with Crippen LogP contribution in [0.2, 0.25) is 0 Å². The quantitative estimate of drug-likeness (QED) is 0.529. The molecule has 0 bridgehead atoms. The number of hydrogen-bond donors (Lipinski definition) is 0. The van der Waals surface area contributed by atoms with E-state index in [1.165, 1.54) is 16.6 Å². The lowest BCUT2D eigenvalue weighted by molar-refractivity contribution is -0.127. The number of nitrogens with zero attached hydrogens (tertiary/aromatic N) is 3. The van der Waals surface area contributed by atoms with Crippen LogP contribution in [0, 0.1) is 0 Å². The van der Waals surface area contributed by atoms with Gasteiger partial charge in [0.05, 0.1) is 22.5 Å². The molecular weight excluding hydrogens is 322 g/mol. The molecule has 3 aromatic rings. The van der Waals surface area contributed by atoms with Crippen molar-refractivity contribution in [3.05, 3.63) is 40.2 Å². The van der Waals surface area contributed by atoms with Gasteiger partial charge in [0.15, 0.2) is 0 Å². The van der Waals surface area contributed by atoms with Gasteiger partial charge in [-0.25, -0.2) is 9.97 Å². The summed E-state index contributed by atoms with van der Waals surface area (Å²) < 4.78 is 1.05. The first-order chi connectivity index (χ1) is 10.2. The fraction of sp³-hybridized carbons (Fsp3) is 0.214. The van der Waals surface area contributed by atoms with Gasteiger partial charge in [0, 0.05) is 11.9 Å². The van der Waals surface area contributed by atoms with Crippen molar-refractivity contribution in [3.63, 3.8) is 0 Å². The lowest BCUT2D eigenvalue weighted by atomic mass is 10.4. The molecule has 0 aliphatic heterocycles. The van der Waals surface area contributed by atoms with Gasteiger partial charge in [0.1, 0.15) is 11.4 Å². The molecule has 0 spiro atoms. The number of carbonyl (C=O) groups is 1. The predicted molar refractivity (Wildman–Crippen MR) is 88.9 cm³/mol. The number of thiophene rings is 2. The zero-order valence-corrected chi connectivity index (χ0v) is 13.8. The standard InChI is InChI=1S/C14H13N3OS3/c1-17(7-10-3-2-5-19-10)12(18)8-21-14-13-11(4-6-20-13)15-9-16-14/h2-6,9H,7-8H2,1H3. The molecule has 0 aliphatic rings. The Kier molecular flexibility index (Phi) is 4.52. The largest absolute Gasteiger partial charge is 0.340 e. The smallest absolute Gasteiger partial charge is 0.233 e. The van der Waals surface area contributed by atoms with Gasteiger partial charge in [0.25, 0.3) is 0 Å². The number of thioether (sulfide) groups is 1. The van der Waals surface area contributed by atoms with Crippen molar-refractivity contribution in [3.8, 4) is 0 Å². The summed E-state index contributed by atoms with van der Waals surface area (Å²) >= 11 is 4.75. The van der Waals surface area contributed by atoms with Crippen molar-refractivity contribution in [2.24, 2.45) is 0 Å². The van der Waals surface area contributed by atoms with E-state index in [0.717, 1.165) is 15.2 Å². The third-order valence-corrected chi connectivity index (χ3v) is 5.82.